The zero-order chi connectivity index (χ0) is 11.8. The first-order valence-electron chi connectivity index (χ1n) is 4.93. The minimum absolute atomic E-state index is 0.146. The summed E-state index contributed by atoms with van der Waals surface area (Å²) in [6, 6.07) is 0. The number of nitrogens with two attached hydrogens (primary N) is 1. The molecule has 0 aromatic carbocycles. The van der Waals surface area contributed by atoms with Gasteiger partial charge in [0.25, 0.3) is 0 Å². The normalized spacial score (nSPS) is 11.9. The maximum absolute atomic E-state index is 5.51. The Balaban J connectivity index is 2.14. The van der Waals surface area contributed by atoms with Crippen molar-refractivity contribution >= 4 is 5.82 Å². The van der Waals surface area contributed by atoms with Crippen molar-refractivity contribution in [1.82, 2.24) is 25.2 Å². The number of nitrogens with zero attached hydrogens (tertiary/aromatic N) is 5. The van der Waals surface area contributed by atoms with E-state index in [4.69, 9.17) is 10.2 Å². The van der Waals surface area contributed by atoms with Gasteiger partial charge >= 0.3 is 0 Å². The molecule has 0 radical (unpaired) electrons. The van der Waals surface area contributed by atoms with E-state index in [-0.39, 0.29) is 5.41 Å². The Morgan fingerprint density at radius 3 is 2.56 bits per heavy atom. The molecule has 7 heteroatoms. The van der Waals surface area contributed by atoms with Crippen LogP contribution in [-0.2, 0) is 12.0 Å². The number of rotatable bonds is 2. The minimum Gasteiger partial charge on any atom is -0.423 e. The third kappa shape index (κ3) is 2.18. The van der Waals surface area contributed by atoms with Crippen molar-refractivity contribution < 1.29 is 4.42 Å². The van der Waals surface area contributed by atoms with Gasteiger partial charge in [-0.05, 0) is 0 Å². The molecule has 0 fully saturated rings. The molecule has 16 heavy (non-hydrogen) atoms. The molecule has 0 atom stereocenters. The summed E-state index contributed by atoms with van der Waals surface area (Å²) < 4.78 is 7.06. The SMILES string of the molecule is CC(C)(C)c1nnc(Cn2cc(N)nn2)o1. The van der Waals surface area contributed by atoms with Crippen molar-refractivity contribution in [2.24, 2.45) is 0 Å². The summed E-state index contributed by atoms with van der Waals surface area (Å²) in [7, 11) is 0. The molecule has 0 aliphatic carbocycles. The van der Waals surface area contributed by atoms with E-state index in [0.29, 0.717) is 24.1 Å². The van der Waals surface area contributed by atoms with E-state index >= 15 is 0 Å². The van der Waals surface area contributed by atoms with E-state index in [1.807, 2.05) is 20.8 Å². The van der Waals surface area contributed by atoms with Crippen LogP contribution in [0.15, 0.2) is 10.6 Å². The van der Waals surface area contributed by atoms with Crippen LogP contribution in [0.5, 0.6) is 0 Å². The number of hydrogen-bond acceptors (Lipinski definition) is 6. The van der Waals surface area contributed by atoms with Gasteiger partial charge in [0, 0.05) is 5.41 Å². The molecule has 0 bridgehead atoms. The first kappa shape index (κ1) is 10.6. The minimum atomic E-state index is -0.146. The second-order valence-corrected chi connectivity index (χ2v) is 4.59. The second kappa shape index (κ2) is 3.58. The lowest BCUT2D eigenvalue weighted by Crippen LogP contribution is -2.11. The van der Waals surface area contributed by atoms with Crippen molar-refractivity contribution in [3.63, 3.8) is 0 Å². The average molecular weight is 222 g/mol. The van der Waals surface area contributed by atoms with Crippen LogP contribution < -0.4 is 5.73 Å². The highest BCUT2D eigenvalue weighted by atomic mass is 16.4. The molecule has 0 saturated heterocycles. The molecule has 0 aliphatic heterocycles. The Bertz CT molecular complexity index is 480. The molecule has 0 spiro atoms. The van der Waals surface area contributed by atoms with Crippen LogP contribution in [-0.4, -0.2) is 25.2 Å². The molecule has 0 aliphatic rings. The highest BCUT2D eigenvalue weighted by Crippen LogP contribution is 2.20. The van der Waals surface area contributed by atoms with Crippen molar-refractivity contribution in [1.29, 1.82) is 0 Å². The summed E-state index contributed by atoms with van der Waals surface area (Å²) in [5, 5.41) is 15.4. The highest BCUT2D eigenvalue weighted by Gasteiger charge is 2.21. The van der Waals surface area contributed by atoms with Crippen molar-refractivity contribution in [2.45, 2.75) is 32.7 Å². The van der Waals surface area contributed by atoms with Crippen LogP contribution in [0.3, 0.4) is 0 Å². The second-order valence-electron chi connectivity index (χ2n) is 4.59. The number of hydrogen-bond donors (Lipinski definition) is 1. The topological polar surface area (TPSA) is 95.7 Å². The molecule has 2 rings (SSSR count). The largest absolute Gasteiger partial charge is 0.423 e. The number of anilines is 1. The Kier molecular flexibility index (Phi) is 2.37. The van der Waals surface area contributed by atoms with E-state index in [2.05, 4.69) is 20.5 Å². The van der Waals surface area contributed by atoms with E-state index in [9.17, 15) is 0 Å². The number of aromatic nitrogens is 5. The third-order valence-electron chi connectivity index (χ3n) is 1.96. The summed E-state index contributed by atoms with van der Waals surface area (Å²) in [5.41, 5.74) is 5.30. The highest BCUT2D eigenvalue weighted by molar-refractivity contribution is 5.19. The van der Waals surface area contributed by atoms with Crippen LogP contribution >= 0.6 is 0 Å². The Labute approximate surface area is 92.7 Å². The molecule has 7 nitrogen and oxygen atoms in total. The Morgan fingerprint density at radius 1 is 1.31 bits per heavy atom. The quantitative estimate of drug-likeness (QED) is 0.798. The Morgan fingerprint density at radius 2 is 2.06 bits per heavy atom. The van der Waals surface area contributed by atoms with Crippen LogP contribution in [0, 0.1) is 0 Å². The lowest BCUT2D eigenvalue weighted by atomic mass is 9.97. The molecule has 0 amide bonds. The number of nitrogen functional groups attached to an aromatic ring is 1. The molecular weight excluding hydrogens is 208 g/mol. The lowest BCUT2D eigenvalue weighted by Gasteiger charge is -2.10. The first-order valence-corrected chi connectivity index (χ1v) is 4.93. The molecule has 0 unspecified atom stereocenters. The fourth-order valence-corrected chi connectivity index (χ4v) is 1.15. The van der Waals surface area contributed by atoms with E-state index in [0.717, 1.165) is 0 Å². The molecule has 0 saturated carbocycles. The van der Waals surface area contributed by atoms with E-state index in [1.165, 1.54) is 0 Å². The van der Waals surface area contributed by atoms with Gasteiger partial charge in [0.15, 0.2) is 5.82 Å². The van der Waals surface area contributed by atoms with Crippen molar-refractivity contribution in [3.05, 3.63) is 18.0 Å². The van der Waals surface area contributed by atoms with Gasteiger partial charge in [-0.15, -0.1) is 15.3 Å². The summed E-state index contributed by atoms with van der Waals surface area (Å²) in [6.07, 6.45) is 1.61. The summed E-state index contributed by atoms with van der Waals surface area (Å²) in [4.78, 5) is 0. The van der Waals surface area contributed by atoms with Gasteiger partial charge in [-0.25, -0.2) is 4.68 Å². The van der Waals surface area contributed by atoms with Gasteiger partial charge < -0.3 is 10.2 Å². The van der Waals surface area contributed by atoms with Crippen LogP contribution in [0.2, 0.25) is 0 Å². The maximum Gasteiger partial charge on any atom is 0.238 e. The fraction of sp³-hybridized carbons (Fsp3) is 0.556. The van der Waals surface area contributed by atoms with E-state index in [1.54, 1.807) is 10.9 Å². The summed E-state index contributed by atoms with van der Waals surface area (Å²) in [5.74, 6) is 1.47. The van der Waals surface area contributed by atoms with Crippen LogP contribution in [0.25, 0.3) is 0 Å². The first-order chi connectivity index (χ1) is 7.45. The standard InChI is InChI=1S/C9H14N6O/c1-9(2,3)8-13-12-7(16-8)5-15-4-6(10)11-14-15/h4H,5,10H2,1-3H3. The van der Waals surface area contributed by atoms with Gasteiger partial charge in [0.1, 0.15) is 6.54 Å². The van der Waals surface area contributed by atoms with Gasteiger partial charge in [-0.1, -0.05) is 26.0 Å². The van der Waals surface area contributed by atoms with Gasteiger partial charge in [0.05, 0.1) is 6.20 Å². The van der Waals surface area contributed by atoms with Gasteiger partial charge in [0.2, 0.25) is 11.8 Å². The molecule has 2 heterocycles. The van der Waals surface area contributed by atoms with Crippen LogP contribution in [0.4, 0.5) is 5.82 Å². The van der Waals surface area contributed by atoms with Gasteiger partial charge in [-0.3, -0.25) is 0 Å². The monoisotopic (exact) mass is 222 g/mol. The molecule has 2 N–H and O–H groups in total. The van der Waals surface area contributed by atoms with E-state index < -0.39 is 0 Å². The Hall–Kier alpha value is -1.92. The molecule has 86 valence electrons. The van der Waals surface area contributed by atoms with Crippen molar-refractivity contribution in [3.8, 4) is 0 Å². The zero-order valence-corrected chi connectivity index (χ0v) is 9.51. The van der Waals surface area contributed by atoms with Gasteiger partial charge in [-0.2, -0.15) is 0 Å². The zero-order valence-electron chi connectivity index (χ0n) is 9.51. The predicted molar refractivity (Wildman–Crippen MR) is 56.5 cm³/mol. The van der Waals surface area contributed by atoms with Crippen molar-refractivity contribution in [2.75, 3.05) is 5.73 Å². The summed E-state index contributed by atoms with van der Waals surface area (Å²) in [6.45, 7) is 6.42. The third-order valence-corrected chi connectivity index (χ3v) is 1.96. The fourth-order valence-electron chi connectivity index (χ4n) is 1.15. The summed E-state index contributed by atoms with van der Waals surface area (Å²) >= 11 is 0. The predicted octanol–water partition coefficient (Wildman–Crippen LogP) is 0.589. The lowest BCUT2D eigenvalue weighted by molar-refractivity contribution is 0.362. The maximum atomic E-state index is 5.51. The smallest absolute Gasteiger partial charge is 0.238 e. The molecule has 2 aromatic heterocycles. The molecular formula is C9H14N6O. The molecule has 2 aromatic rings. The average Bonchev–Trinajstić information content (AvgIpc) is 2.74. The van der Waals surface area contributed by atoms with Crippen LogP contribution in [0.1, 0.15) is 32.6 Å².